The lowest BCUT2D eigenvalue weighted by molar-refractivity contribution is -0.131. The third-order valence-electron chi connectivity index (χ3n) is 4.48. The zero-order valence-corrected chi connectivity index (χ0v) is 15.6. The highest BCUT2D eigenvalue weighted by atomic mass is 32.2. The minimum atomic E-state index is -0.226. The topological polar surface area (TPSA) is 73.1 Å². The van der Waals surface area contributed by atoms with E-state index in [-0.39, 0.29) is 11.2 Å². The molecule has 2 heterocycles. The molecule has 1 aliphatic heterocycles. The lowest BCUT2D eigenvalue weighted by Crippen LogP contribution is -2.41. The van der Waals surface area contributed by atoms with Crippen LogP contribution < -0.4 is 4.74 Å². The molecule has 1 amide bonds. The van der Waals surface area contributed by atoms with Gasteiger partial charge in [0.25, 0.3) is 0 Å². The number of amides is 1. The second-order valence-electron chi connectivity index (χ2n) is 6.34. The van der Waals surface area contributed by atoms with Crippen LogP contribution in [0.3, 0.4) is 0 Å². The van der Waals surface area contributed by atoms with Crippen LogP contribution in [0.15, 0.2) is 29.4 Å². The smallest absolute Gasteiger partial charge is 0.235 e. The highest BCUT2D eigenvalue weighted by Gasteiger charge is 2.26. The van der Waals surface area contributed by atoms with Gasteiger partial charge in [0, 0.05) is 13.1 Å². The molecule has 0 bridgehead atoms. The van der Waals surface area contributed by atoms with E-state index in [1.807, 2.05) is 36.1 Å². The molecule has 1 fully saturated rings. The lowest BCUT2D eigenvalue weighted by Gasteiger charge is -2.31. The van der Waals surface area contributed by atoms with Crippen molar-refractivity contribution in [1.82, 2.24) is 25.1 Å². The minimum absolute atomic E-state index is 0.154. The Morgan fingerprint density at radius 3 is 2.60 bits per heavy atom. The Morgan fingerprint density at radius 2 is 1.96 bits per heavy atom. The maximum atomic E-state index is 12.7. The fraction of sp³-hybridized carbons (Fsp3) is 0.529. The number of hydrogen-bond acceptors (Lipinski definition) is 6. The average molecular weight is 361 g/mol. The Morgan fingerprint density at radius 1 is 1.28 bits per heavy atom. The van der Waals surface area contributed by atoms with Gasteiger partial charge >= 0.3 is 0 Å². The van der Waals surface area contributed by atoms with E-state index < -0.39 is 0 Å². The largest absolute Gasteiger partial charge is 0.497 e. The van der Waals surface area contributed by atoms with E-state index in [0.29, 0.717) is 11.1 Å². The van der Waals surface area contributed by atoms with Crippen LogP contribution in [0.2, 0.25) is 0 Å². The summed E-state index contributed by atoms with van der Waals surface area (Å²) in [4.78, 5) is 14.6. The molecule has 25 heavy (non-hydrogen) atoms. The molecular formula is C17H23N5O2S. The second-order valence-corrected chi connectivity index (χ2v) is 7.65. The van der Waals surface area contributed by atoms with E-state index in [2.05, 4.69) is 22.4 Å². The van der Waals surface area contributed by atoms with Crippen LogP contribution in [0.1, 0.15) is 26.7 Å². The average Bonchev–Trinajstić information content (AvgIpc) is 3.10. The Kier molecular flexibility index (Phi) is 5.57. The zero-order chi connectivity index (χ0) is 17.8. The number of nitrogens with zero attached hydrogens (tertiary/aromatic N) is 5. The highest BCUT2D eigenvalue weighted by Crippen LogP contribution is 2.26. The molecule has 1 saturated heterocycles. The zero-order valence-electron chi connectivity index (χ0n) is 14.8. The van der Waals surface area contributed by atoms with Crippen LogP contribution >= 0.6 is 11.8 Å². The monoisotopic (exact) mass is 361 g/mol. The first-order valence-corrected chi connectivity index (χ1v) is 9.34. The molecule has 0 radical (unpaired) electrons. The summed E-state index contributed by atoms with van der Waals surface area (Å²) in [5.41, 5.74) is 0.833. The number of hydrogen-bond donors (Lipinski definition) is 0. The molecule has 7 nitrogen and oxygen atoms in total. The van der Waals surface area contributed by atoms with Crippen molar-refractivity contribution in [1.29, 1.82) is 0 Å². The predicted octanol–water partition coefficient (Wildman–Crippen LogP) is 2.41. The number of thioether (sulfide) groups is 1. The van der Waals surface area contributed by atoms with Crippen LogP contribution in [0.4, 0.5) is 0 Å². The number of carbonyl (C=O) groups is 1. The van der Waals surface area contributed by atoms with Crippen LogP contribution in [0.25, 0.3) is 5.69 Å². The van der Waals surface area contributed by atoms with Crippen LogP contribution in [-0.2, 0) is 4.79 Å². The summed E-state index contributed by atoms with van der Waals surface area (Å²) < 4.78 is 6.82. The molecule has 0 N–H and O–H groups in total. The van der Waals surface area contributed by atoms with Crippen LogP contribution in [0.5, 0.6) is 5.75 Å². The van der Waals surface area contributed by atoms with Crippen molar-refractivity contribution in [3.8, 4) is 11.4 Å². The van der Waals surface area contributed by atoms with Gasteiger partial charge in [-0.15, -0.1) is 5.10 Å². The quantitative estimate of drug-likeness (QED) is 0.762. The van der Waals surface area contributed by atoms with E-state index in [4.69, 9.17) is 4.74 Å². The summed E-state index contributed by atoms with van der Waals surface area (Å²) in [5, 5.41) is 12.3. The SMILES string of the molecule is COc1ccc(-n2nnnc2S[C@H](C)C(=O)N2CCC(C)CC2)cc1. The number of rotatable bonds is 5. The van der Waals surface area contributed by atoms with Crippen molar-refractivity contribution in [2.75, 3.05) is 20.2 Å². The van der Waals surface area contributed by atoms with E-state index in [1.54, 1.807) is 11.8 Å². The third-order valence-corrected chi connectivity index (χ3v) is 5.50. The number of methoxy groups -OCH3 is 1. The van der Waals surface area contributed by atoms with Crippen LogP contribution in [0, 0.1) is 5.92 Å². The molecule has 1 aromatic heterocycles. The molecule has 3 rings (SSSR count). The maximum Gasteiger partial charge on any atom is 0.235 e. The van der Waals surface area contributed by atoms with Crippen molar-refractivity contribution in [3.05, 3.63) is 24.3 Å². The van der Waals surface area contributed by atoms with Crippen molar-refractivity contribution < 1.29 is 9.53 Å². The van der Waals surface area contributed by atoms with Gasteiger partial charge in [-0.3, -0.25) is 4.79 Å². The van der Waals surface area contributed by atoms with Crippen LogP contribution in [-0.4, -0.2) is 56.5 Å². The minimum Gasteiger partial charge on any atom is -0.497 e. The fourth-order valence-corrected chi connectivity index (χ4v) is 3.72. The first-order valence-electron chi connectivity index (χ1n) is 8.46. The first kappa shape index (κ1) is 17.7. The Labute approximate surface area is 151 Å². The molecule has 0 saturated carbocycles. The molecule has 1 aromatic carbocycles. The van der Waals surface area contributed by atoms with E-state index in [9.17, 15) is 4.79 Å². The maximum absolute atomic E-state index is 12.7. The summed E-state index contributed by atoms with van der Waals surface area (Å²) in [5.74, 6) is 1.63. The number of carbonyl (C=O) groups excluding carboxylic acids is 1. The van der Waals surface area contributed by atoms with Crippen molar-refractivity contribution in [2.24, 2.45) is 5.92 Å². The Hall–Kier alpha value is -2.09. The molecule has 0 unspecified atom stereocenters. The summed E-state index contributed by atoms with van der Waals surface area (Å²) in [6.45, 7) is 5.84. The van der Waals surface area contributed by atoms with Gasteiger partial charge in [-0.1, -0.05) is 18.7 Å². The summed E-state index contributed by atoms with van der Waals surface area (Å²) >= 11 is 1.39. The Balaban J connectivity index is 1.68. The van der Waals surface area contributed by atoms with Gasteiger partial charge in [0.1, 0.15) is 5.75 Å². The van der Waals surface area contributed by atoms with Gasteiger partial charge < -0.3 is 9.64 Å². The highest BCUT2D eigenvalue weighted by molar-refractivity contribution is 8.00. The number of piperidine rings is 1. The number of benzene rings is 1. The molecular weight excluding hydrogens is 338 g/mol. The molecule has 1 aliphatic rings. The molecule has 0 spiro atoms. The normalized spacial score (nSPS) is 16.7. The molecule has 134 valence electrons. The van der Waals surface area contributed by atoms with Gasteiger partial charge in [-0.05, 0) is 60.4 Å². The number of tetrazole rings is 1. The van der Waals surface area contributed by atoms with E-state index in [0.717, 1.165) is 37.4 Å². The summed E-state index contributed by atoms with van der Waals surface area (Å²) in [7, 11) is 1.63. The number of likely N-dealkylation sites (tertiary alicyclic amines) is 1. The second kappa shape index (κ2) is 7.86. The van der Waals surface area contributed by atoms with Gasteiger partial charge in [-0.2, -0.15) is 4.68 Å². The standard InChI is InChI=1S/C17H23N5O2S/c1-12-8-10-21(11-9-12)16(23)13(2)25-17-18-19-20-22(17)14-4-6-15(24-3)7-5-14/h4-7,12-13H,8-11H2,1-3H3/t13-/m1/s1. The lowest BCUT2D eigenvalue weighted by atomic mass is 9.99. The van der Waals surface area contributed by atoms with Crippen molar-refractivity contribution in [3.63, 3.8) is 0 Å². The van der Waals surface area contributed by atoms with Gasteiger partial charge in [0.15, 0.2) is 0 Å². The fourth-order valence-electron chi connectivity index (χ4n) is 2.83. The first-order chi connectivity index (χ1) is 12.1. The van der Waals surface area contributed by atoms with E-state index in [1.165, 1.54) is 11.8 Å². The molecule has 1 atom stereocenters. The molecule has 8 heteroatoms. The number of aromatic nitrogens is 4. The molecule has 0 aliphatic carbocycles. The summed E-state index contributed by atoms with van der Waals surface area (Å²) in [6, 6.07) is 7.49. The van der Waals surface area contributed by atoms with Gasteiger partial charge in [0.2, 0.25) is 11.1 Å². The van der Waals surface area contributed by atoms with Gasteiger partial charge in [-0.25, -0.2) is 0 Å². The Bertz CT molecular complexity index is 710. The van der Waals surface area contributed by atoms with Crippen molar-refractivity contribution >= 4 is 17.7 Å². The van der Waals surface area contributed by atoms with Crippen molar-refractivity contribution in [2.45, 2.75) is 37.1 Å². The predicted molar refractivity (Wildman–Crippen MR) is 96.0 cm³/mol. The molecule has 2 aromatic rings. The van der Waals surface area contributed by atoms with Gasteiger partial charge in [0.05, 0.1) is 18.0 Å². The van der Waals surface area contributed by atoms with E-state index >= 15 is 0 Å². The summed E-state index contributed by atoms with van der Waals surface area (Å²) in [6.07, 6.45) is 2.15. The number of ether oxygens (including phenoxy) is 1. The third kappa shape index (κ3) is 4.12.